The molecule has 0 radical (unpaired) electrons. The zero-order chi connectivity index (χ0) is 32.5. The van der Waals surface area contributed by atoms with E-state index in [9.17, 15) is 0 Å². The molecule has 0 aliphatic heterocycles. The quantitative estimate of drug-likeness (QED) is 0.155. The Morgan fingerprint density at radius 1 is 0.435 bits per heavy atom. The summed E-state index contributed by atoms with van der Waals surface area (Å²) >= 11 is 0. The lowest BCUT2D eigenvalue weighted by atomic mass is 9.98. The monoisotopic (exact) mass is 602 g/mol. The van der Waals surface area contributed by atoms with Crippen LogP contribution in [0, 0.1) is 27.7 Å². The number of fused-ring (bicyclic) bond motifs is 2. The first-order chi connectivity index (χ1) is 22.1. The Hall–Kier alpha value is -4.56. The molecule has 2 aromatic carbocycles. The van der Waals surface area contributed by atoms with E-state index in [4.69, 9.17) is 0 Å². The third-order valence-electron chi connectivity index (χ3n) is 9.55. The van der Waals surface area contributed by atoms with Crippen LogP contribution in [0.4, 0.5) is 11.4 Å². The third-order valence-corrected chi connectivity index (χ3v) is 9.55. The first-order valence-electron chi connectivity index (χ1n) is 16.7. The van der Waals surface area contributed by atoms with Crippen molar-refractivity contribution >= 4 is 11.4 Å². The van der Waals surface area contributed by atoms with Gasteiger partial charge in [0.25, 0.3) is 0 Å². The van der Waals surface area contributed by atoms with Crippen LogP contribution < -0.4 is 0 Å². The zero-order valence-corrected chi connectivity index (χ0v) is 28.7. The Balaban J connectivity index is 1.14. The topological polar surface area (TPSA) is 24.7 Å². The SMILES string of the molecule is Cc1cc(Cc2ccc(N=Nc3ccc(Cc4cc(C)c5cc(C(C)C)ccc(C)c4-5)cc3)cc2)c2c(C)ccc(C(C)C)cc1-2. The summed E-state index contributed by atoms with van der Waals surface area (Å²) in [5, 5.41) is 9.10. The fraction of sp³-hybridized carbons (Fsp3) is 0.273. The van der Waals surface area contributed by atoms with Crippen LogP contribution >= 0.6 is 0 Å². The van der Waals surface area contributed by atoms with Crippen LogP contribution in [0.2, 0.25) is 0 Å². The molecule has 2 aromatic rings. The Labute approximate surface area is 276 Å². The van der Waals surface area contributed by atoms with E-state index in [2.05, 4.69) is 163 Å². The molecule has 0 fully saturated rings. The lowest BCUT2D eigenvalue weighted by Gasteiger charge is -2.07. The maximum atomic E-state index is 4.55. The molecule has 4 aliphatic carbocycles. The van der Waals surface area contributed by atoms with E-state index in [-0.39, 0.29) is 0 Å². The molecule has 46 heavy (non-hydrogen) atoms. The van der Waals surface area contributed by atoms with E-state index >= 15 is 0 Å². The Morgan fingerprint density at radius 2 is 0.804 bits per heavy atom. The normalized spacial score (nSPS) is 12.0. The van der Waals surface area contributed by atoms with Gasteiger partial charge in [-0.2, -0.15) is 10.2 Å². The first-order valence-corrected chi connectivity index (χ1v) is 16.7. The molecule has 0 atom stereocenters. The van der Waals surface area contributed by atoms with Crippen LogP contribution in [0.1, 0.15) is 95.2 Å². The molecule has 0 amide bonds. The third kappa shape index (κ3) is 6.53. The lowest BCUT2D eigenvalue weighted by Crippen LogP contribution is -1.89. The first kappa shape index (κ1) is 31.4. The fourth-order valence-corrected chi connectivity index (χ4v) is 6.82. The highest BCUT2D eigenvalue weighted by Crippen LogP contribution is 2.39. The average Bonchev–Trinajstić information content (AvgIpc) is 3.32. The fourth-order valence-electron chi connectivity index (χ4n) is 6.82. The standard InChI is InChI=1S/C44H46N2/c1-27(2)35-15-9-29(5)43-37(21-31(7)41(43)25-35)23-33-11-17-39(18-12-33)45-46-40-19-13-34(14-20-40)24-38-22-32(8)42-26-36(28(3)4)16-10-30(6)44(38)42/h9-22,25-28H,23-24H2,1-8H3. The van der Waals surface area contributed by atoms with Crippen LogP contribution in [-0.4, -0.2) is 0 Å². The summed E-state index contributed by atoms with van der Waals surface area (Å²) in [4.78, 5) is 0. The van der Waals surface area contributed by atoms with Gasteiger partial charge in [-0.3, -0.25) is 0 Å². The summed E-state index contributed by atoms with van der Waals surface area (Å²) in [6.45, 7) is 18.0. The molecule has 0 heterocycles. The number of azo groups is 1. The Bertz CT molecular complexity index is 1810. The number of benzene rings is 2. The highest BCUT2D eigenvalue weighted by Gasteiger charge is 2.18. The highest BCUT2D eigenvalue weighted by atomic mass is 15.1. The van der Waals surface area contributed by atoms with Crippen molar-refractivity contribution in [2.75, 3.05) is 0 Å². The maximum Gasteiger partial charge on any atom is 0.0857 e. The van der Waals surface area contributed by atoms with Crippen LogP contribution in [-0.2, 0) is 12.8 Å². The van der Waals surface area contributed by atoms with Crippen molar-refractivity contribution in [3.63, 3.8) is 0 Å². The van der Waals surface area contributed by atoms with Crippen molar-refractivity contribution < 1.29 is 0 Å². The van der Waals surface area contributed by atoms with Crippen molar-refractivity contribution in [1.82, 2.24) is 0 Å². The second kappa shape index (κ2) is 13.0. The lowest BCUT2D eigenvalue weighted by molar-refractivity contribution is 0.868. The van der Waals surface area contributed by atoms with Gasteiger partial charge in [0.1, 0.15) is 0 Å². The molecule has 0 saturated heterocycles. The molecule has 232 valence electrons. The number of rotatable bonds is 8. The Kier molecular flexibility index (Phi) is 8.91. The van der Waals surface area contributed by atoms with Crippen molar-refractivity contribution in [1.29, 1.82) is 0 Å². The largest absolute Gasteiger partial charge is 0.151 e. The predicted octanol–water partition coefficient (Wildman–Crippen LogP) is 13.0. The molecule has 0 spiro atoms. The molecule has 0 saturated carbocycles. The molecule has 6 rings (SSSR count). The predicted molar refractivity (Wildman–Crippen MR) is 196 cm³/mol. The molecular weight excluding hydrogens is 556 g/mol. The summed E-state index contributed by atoms with van der Waals surface area (Å²) in [7, 11) is 0. The van der Waals surface area contributed by atoms with Gasteiger partial charge in [-0.15, -0.1) is 0 Å². The zero-order valence-electron chi connectivity index (χ0n) is 28.7. The van der Waals surface area contributed by atoms with Gasteiger partial charge in [0.05, 0.1) is 11.4 Å². The minimum Gasteiger partial charge on any atom is -0.151 e. The van der Waals surface area contributed by atoms with Crippen LogP contribution in [0.15, 0.2) is 107 Å². The van der Waals surface area contributed by atoms with Crippen molar-refractivity contribution in [2.24, 2.45) is 10.2 Å². The summed E-state index contributed by atoms with van der Waals surface area (Å²) in [5.41, 5.74) is 20.8. The minimum absolute atomic E-state index is 0.509. The van der Waals surface area contributed by atoms with Crippen LogP contribution in [0.3, 0.4) is 0 Å². The van der Waals surface area contributed by atoms with Gasteiger partial charge in [-0.05, 0) is 155 Å². The van der Waals surface area contributed by atoms with Gasteiger partial charge >= 0.3 is 0 Å². The van der Waals surface area contributed by atoms with Crippen LogP contribution in [0.5, 0.6) is 0 Å². The van der Waals surface area contributed by atoms with E-state index in [1.165, 1.54) is 77.9 Å². The van der Waals surface area contributed by atoms with Gasteiger partial charge < -0.3 is 0 Å². The van der Waals surface area contributed by atoms with Crippen molar-refractivity contribution in [2.45, 2.75) is 80.1 Å². The van der Waals surface area contributed by atoms with E-state index in [1.807, 2.05) is 0 Å². The Morgan fingerprint density at radius 3 is 1.15 bits per heavy atom. The van der Waals surface area contributed by atoms with Crippen molar-refractivity contribution in [3.8, 4) is 22.3 Å². The molecule has 0 N–H and O–H groups in total. The number of aryl methyl sites for hydroxylation is 4. The van der Waals surface area contributed by atoms with Gasteiger partial charge in [-0.25, -0.2) is 0 Å². The number of nitrogens with zero attached hydrogens (tertiary/aromatic N) is 2. The van der Waals surface area contributed by atoms with E-state index in [0.29, 0.717) is 11.8 Å². The van der Waals surface area contributed by atoms with Gasteiger partial charge in [0.15, 0.2) is 0 Å². The summed E-state index contributed by atoms with van der Waals surface area (Å²) in [6, 6.07) is 35.7. The molecular formula is C44H46N2. The average molecular weight is 603 g/mol. The smallest absolute Gasteiger partial charge is 0.0857 e. The summed E-state index contributed by atoms with van der Waals surface area (Å²) < 4.78 is 0. The maximum absolute atomic E-state index is 4.55. The van der Waals surface area contributed by atoms with E-state index < -0.39 is 0 Å². The van der Waals surface area contributed by atoms with Crippen LogP contribution in [0.25, 0.3) is 22.3 Å². The van der Waals surface area contributed by atoms with Gasteiger partial charge in [0, 0.05) is 0 Å². The van der Waals surface area contributed by atoms with Gasteiger partial charge in [0.2, 0.25) is 0 Å². The molecule has 0 aromatic heterocycles. The van der Waals surface area contributed by atoms with Crippen molar-refractivity contribution in [3.05, 3.63) is 153 Å². The second-order valence-corrected chi connectivity index (χ2v) is 13.8. The number of hydrogen-bond acceptors (Lipinski definition) is 2. The van der Waals surface area contributed by atoms with E-state index in [0.717, 1.165) is 24.2 Å². The molecule has 0 unspecified atom stereocenters. The molecule has 0 bridgehead atoms. The molecule has 2 nitrogen and oxygen atoms in total. The minimum atomic E-state index is 0.509. The summed E-state index contributed by atoms with van der Waals surface area (Å²) in [5.74, 6) is 1.02. The van der Waals surface area contributed by atoms with Gasteiger partial charge in [-0.1, -0.05) is 100 Å². The molecule has 4 aliphatic rings. The highest BCUT2D eigenvalue weighted by molar-refractivity contribution is 5.79. The number of hydrogen-bond donors (Lipinski definition) is 0. The van der Waals surface area contributed by atoms with E-state index in [1.54, 1.807) is 0 Å². The second-order valence-electron chi connectivity index (χ2n) is 13.8. The molecule has 2 heteroatoms. The summed E-state index contributed by atoms with van der Waals surface area (Å²) in [6.07, 6.45) is 1.81.